The fourth-order valence-corrected chi connectivity index (χ4v) is 4.46. The molecule has 0 amide bonds. The summed E-state index contributed by atoms with van der Waals surface area (Å²) in [5.74, 6) is -3.94. The van der Waals surface area contributed by atoms with Crippen LogP contribution in [0.2, 0.25) is 0 Å². The van der Waals surface area contributed by atoms with Gasteiger partial charge in [0.25, 0.3) is 0 Å². The Balaban J connectivity index is 2.09. The fourth-order valence-electron chi connectivity index (χ4n) is 2.32. The lowest BCUT2D eigenvalue weighted by Gasteiger charge is -2.09. The minimum Gasteiger partial charge on any atom is -0.462 e. The highest BCUT2D eigenvalue weighted by Crippen LogP contribution is 2.44. The van der Waals surface area contributed by atoms with Gasteiger partial charge in [0.05, 0.1) is 13.2 Å². The fraction of sp³-hybridized carbons (Fsp3) is 0.200. The SMILES string of the molecule is CCOC(=O)c1sc(C(=O)OCC)c(OC(=O)c2cccs2)c1OC(=O)c1cccs1. The molecule has 31 heavy (non-hydrogen) atoms. The van der Waals surface area contributed by atoms with Gasteiger partial charge >= 0.3 is 23.9 Å². The van der Waals surface area contributed by atoms with Crippen molar-refractivity contribution >= 4 is 57.9 Å². The largest absolute Gasteiger partial charge is 0.462 e. The van der Waals surface area contributed by atoms with E-state index in [0.29, 0.717) is 11.3 Å². The van der Waals surface area contributed by atoms with Gasteiger partial charge in [-0.25, -0.2) is 19.2 Å². The van der Waals surface area contributed by atoms with Crippen molar-refractivity contribution in [3.05, 3.63) is 54.5 Å². The number of hydrogen-bond donors (Lipinski definition) is 0. The Bertz CT molecular complexity index is 996. The van der Waals surface area contributed by atoms with Crippen molar-refractivity contribution in [2.24, 2.45) is 0 Å². The van der Waals surface area contributed by atoms with Crippen molar-refractivity contribution in [3.8, 4) is 11.5 Å². The standard InChI is InChI=1S/C20H16O8S3/c1-3-25-19(23)15-13(27-17(21)11-7-5-9-29-11)14(16(31-15)20(24)26-4-2)28-18(22)12-8-6-10-30-12/h5-10H,3-4H2,1-2H3. The first-order valence-corrected chi connectivity index (χ1v) is 11.6. The average molecular weight is 481 g/mol. The highest BCUT2D eigenvalue weighted by molar-refractivity contribution is 7.16. The van der Waals surface area contributed by atoms with Crippen LogP contribution >= 0.6 is 34.0 Å². The molecule has 3 aromatic heterocycles. The number of thiophene rings is 3. The van der Waals surface area contributed by atoms with Gasteiger partial charge < -0.3 is 18.9 Å². The smallest absolute Gasteiger partial charge is 0.353 e. The maximum Gasteiger partial charge on any atom is 0.353 e. The Morgan fingerprint density at radius 3 is 1.45 bits per heavy atom. The van der Waals surface area contributed by atoms with E-state index in [9.17, 15) is 19.2 Å². The van der Waals surface area contributed by atoms with Crippen LogP contribution in [0.15, 0.2) is 35.0 Å². The zero-order chi connectivity index (χ0) is 22.4. The van der Waals surface area contributed by atoms with Crippen LogP contribution < -0.4 is 9.47 Å². The summed E-state index contributed by atoms with van der Waals surface area (Å²) in [6.45, 7) is 3.31. The summed E-state index contributed by atoms with van der Waals surface area (Å²) in [5, 5.41) is 3.36. The Labute approximate surface area is 188 Å². The Hall–Kier alpha value is -3.02. The van der Waals surface area contributed by atoms with Crippen molar-refractivity contribution in [2.75, 3.05) is 13.2 Å². The minimum absolute atomic E-state index is 0.0497. The van der Waals surface area contributed by atoms with Crippen molar-refractivity contribution < 1.29 is 38.1 Å². The maximum atomic E-state index is 12.6. The van der Waals surface area contributed by atoms with Gasteiger partial charge in [-0.15, -0.1) is 34.0 Å². The molecule has 0 spiro atoms. The van der Waals surface area contributed by atoms with E-state index in [1.807, 2.05) is 0 Å². The number of carbonyl (C=O) groups is 4. The highest BCUT2D eigenvalue weighted by atomic mass is 32.1. The van der Waals surface area contributed by atoms with Gasteiger partial charge in [-0.3, -0.25) is 0 Å². The minimum atomic E-state index is -0.828. The molecular weight excluding hydrogens is 464 g/mol. The zero-order valence-corrected chi connectivity index (χ0v) is 18.8. The first-order chi connectivity index (χ1) is 15.0. The summed E-state index contributed by atoms with van der Waals surface area (Å²) < 4.78 is 20.9. The average Bonchev–Trinajstić information content (AvgIpc) is 3.50. The molecule has 0 saturated carbocycles. The summed E-state index contributed by atoms with van der Waals surface area (Å²) >= 11 is 2.92. The third-order valence-corrected chi connectivity index (χ3v) is 6.39. The van der Waals surface area contributed by atoms with E-state index >= 15 is 0 Å². The molecule has 0 aliphatic rings. The Kier molecular flexibility index (Phi) is 7.55. The maximum absolute atomic E-state index is 12.6. The quantitative estimate of drug-likeness (QED) is 0.429. The van der Waals surface area contributed by atoms with E-state index in [1.54, 1.807) is 36.7 Å². The Morgan fingerprint density at radius 1 is 0.710 bits per heavy atom. The summed E-state index contributed by atoms with van der Waals surface area (Å²) in [6, 6.07) is 6.38. The van der Waals surface area contributed by atoms with Gasteiger partial charge in [-0.05, 0) is 36.7 Å². The number of esters is 4. The second-order valence-corrected chi connectivity index (χ2v) is 8.51. The van der Waals surface area contributed by atoms with Crippen molar-refractivity contribution in [1.82, 2.24) is 0 Å². The van der Waals surface area contributed by atoms with Crippen molar-refractivity contribution in [1.29, 1.82) is 0 Å². The van der Waals surface area contributed by atoms with Gasteiger partial charge in [0.15, 0.2) is 21.3 Å². The predicted octanol–water partition coefficient (Wildman–Crippen LogP) is 4.66. The topological polar surface area (TPSA) is 105 Å². The van der Waals surface area contributed by atoms with Gasteiger partial charge in [0.1, 0.15) is 9.75 Å². The second kappa shape index (κ2) is 10.3. The van der Waals surface area contributed by atoms with Crippen LogP contribution in [-0.2, 0) is 9.47 Å². The molecule has 0 atom stereocenters. The van der Waals surface area contributed by atoms with Crippen LogP contribution in [0, 0.1) is 0 Å². The van der Waals surface area contributed by atoms with E-state index in [1.165, 1.54) is 12.1 Å². The van der Waals surface area contributed by atoms with Gasteiger partial charge in [0, 0.05) is 0 Å². The molecule has 0 aliphatic heterocycles. The Morgan fingerprint density at radius 2 is 1.13 bits per heavy atom. The lowest BCUT2D eigenvalue weighted by molar-refractivity contribution is 0.0509. The molecule has 8 nitrogen and oxygen atoms in total. The molecule has 0 radical (unpaired) electrons. The molecule has 0 bridgehead atoms. The summed E-state index contributed by atoms with van der Waals surface area (Å²) in [4.78, 5) is 50.3. The van der Waals surface area contributed by atoms with E-state index in [0.717, 1.165) is 22.7 Å². The molecule has 0 aromatic carbocycles. The van der Waals surface area contributed by atoms with Crippen LogP contribution in [0.3, 0.4) is 0 Å². The first-order valence-electron chi connectivity index (χ1n) is 8.98. The molecule has 3 rings (SSSR count). The predicted molar refractivity (Wildman–Crippen MR) is 115 cm³/mol. The number of rotatable bonds is 8. The monoisotopic (exact) mass is 480 g/mol. The van der Waals surface area contributed by atoms with Crippen LogP contribution in [0.4, 0.5) is 0 Å². The van der Waals surface area contributed by atoms with E-state index < -0.39 is 23.9 Å². The molecule has 162 valence electrons. The lowest BCUT2D eigenvalue weighted by atomic mass is 10.3. The van der Waals surface area contributed by atoms with Crippen molar-refractivity contribution in [2.45, 2.75) is 13.8 Å². The number of carbonyl (C=O) groups excluding carboxylic acids is 4. The summed E-state index contributed by atoms with van der Waals surface area (Å²) in [7, 11) is 0. The van der Waals surface area contributed by atoms with Gasteiger partial charge in [-0.2, -0.15) is 0 Å². The van der Waals surface area contributed by atoms with E-state index in [2.05, 4.69) is 0 Å². The molecule has 0 saturated heterocycles. The second-order valence-electron chi connectivity index (χ2n) is 5.59. The molecule has 3 aromatic rings. The molecule has 11 heteroatoms. The first kappa shape index (κ1) is 22.7. The zero-order valence-electron chi connectivity index (χ0n) is 16.4. The number of ether oxygens (including phenoxy) is 4. The molecule has 0 N–H and O–H groups in total. The third kappa shape index (κ3) is 5.19. The molecular formula is C20H16O8S3. The molecule has 3 heterocycles. The van der Waals surface area contributed by atoms with Crippen LogP contribution in [0.25, 0.3) is 0 Å². The van der Waals surface area contributed by atoms with Crippen LogP contribution in [-0.4, -0.2) is 37.1 Å². The molecule has 0 fully saturated rings. The highest BCUT2D eigenvalue weighted by Gasteiger charge is 2.34. The lowest BCUT2D eigenvalue weighted by Crippen LogP contribution is -2.14. The van der Waals surface area contributed by atoms with E-state index in [4.69, 9.17) is 18.9 Å². The normalized spacial score (nSPS) is 10.4. The molecule has 0 aliphatic carbocycles. The van der Waals surface area contributed by atoms with Crippen LogP contribution in [0.5, 0.6) is 11.5 Å². The van der Waals surface area contributed by atoms with Crippen molar-refractivity contribution in [3.63, 3.8) is 0 Å². The van der Waals surface area contributed by atoms with E-state index in [-0.39, 0.29) is 44.2 Å². The number of hydrogen-bond acceptors (Lipinski definition) is 11. The molecule has 0 unspecified atom stereocenters. The van der Waals surface area contributed by atoms with Gasteiger partial charge in [-0.1, -0.05) is 12.1 Å². The van der Waals surface area contributed by atoms with Crippen LogP contribution in [0.1, 0.15) is 52.5 Å². The summed E-state index contributed by atoms with van der Waals surface area (Å²) in [6.07, 6.45) is 0. The summed E-state index contributed by atoms with van der Waals surface area (Å²) in [5.41, 5.74) is 0. The third-order valence-electron chi connectivity index (χ3n) is 3.58. The van der Waals surface area contributed by atoms with Gasteiger partial charge in [0.2, 0.25) is 0 Å².